The first-order valence-electron chi connectivity index (χ1n) is 8.60. The van der Waals surface area contributed by atoms with Gasteiger partial charge in [0.15, 0.2) is 0 Å². The molecule has 1 saturated carbocycles. The zero-order valence-electron chi connectivity index (χ0n) is 13.9. The molecule has 0 bridgehead atoms. The number of benzene rings is 1. The smallest absolute Gasteiger partial charge is 0.0342 e. The fraction of sp³-hybridized carbons (Fsp3) is 0.684. The largest absolute Gasteiger partial charge is 0.382 e. The van der Waals surface area contributed by atoms with Gasteiger partial charge < -0.3 is 5.32 Å². The summed E-state index contributed by atoms with van der Waals surface area (Å²) in [5.74, 6) is 0.768. The summed E-state index contributed by atoms with van der Waals surface area (Å²) >= 11 is 0. The number of likely N-dealkylation sites (tertiary alicyclic amines) is 1. The molecule has 0 aromatic heterocycles. The normalized spacial score (nSPS) is 28.9. The Morgan fingerprint density at radius 1 is 1.10 bits per heavy atom. The molecular formula is C19H30N2. The highest BCUT2D eigenvalue weighted by Gasteiger charge is 2.36. The molecule has 1 saturated heterocycles. The molecule has 2 nitrogen and oxygen atoms in total. The van der Waals surface area contributed by atoms with Gasteiger partial charge in [0, 0.05) is 18.3 Å². The van der Waals surface area contributed by atoms with Crippen LogP contribution < -0.4 is 5.32 Å². The maximum absolute atomic E-state index is 3.75. The molecule has 2 atom stereocenters. The van der Waals surface area contributed by atoms with Crippen LogP contribution in [-0.4, -0.2) is 24.0 Å². The number of anilines is 1. The number of rotatable bonds is 4. The summed E-state index contributed by atoms with van der Waals surface area (Å²) in [6, 6.07) is 9.76. The molecular weight excluding hydrogens is 256 g/mol. The van der Waals surface area contributed by atoms with Gasteiger partial charge in [0.1, 0.15) is 0 Å². The van der Waals surface area contributed by atoms with Crippen molar-refractivity contribution in [1.82, 2.24) is 4.90 Å². The summed E-state index contributed by atoms with van der Waals surface area (Å²) in [5, 5.41) is 3.75. The molecule has 3 rings (SSSR count). The number of hydrogen-bond donors (Lipinski definition) is 1. The Balaban J connectivity index is 1.57. The van der Waals surface area contributed by atoms with Gasteiger partial charge in [-0.2, -0.15) is 0 Å². The third kappa shape index (κ3) is 3.79. The number of nitrogens with one attached hydrogen (secondary N) is 1. The Kier molecular flexibility index (Phi) is 4.26. The molecule has 0 radical (unpaired) electrons. The van der Waals surface area contributed by atoms with Crippen LogP contribution in [0.1, 0.15) is 52.0 Å². The molecule has 21 heavy (non-hydrogen) atoms. The maximum Gasteiger partial charge on any atom is 0.0342 e. The second-order valence-electron chi connectivity index (χ2n) is 7.98. The molecule has 2 heteroatoms. The minimum absolute atomic E-state index is 0.493. The van der Waals surface area contributed by atoms with Gasteiger partial charge in [-0.1, -0.05) is 32.9 Å². The summed E-state index contributed by atoms with van der Waals surface area (Å²) in [7, 11) is 0. The van der Waals surface area contributed by atoms with Gasteiger partial charge in [-0.15, -0.1) is 0 Å². The average Bonchev–Trinajstić information content (AvgIpc) is 3.00. The predicted octanol–water partition coefficient (Wildman–Crippen LogP) is 4.52. The lowest BCUT2D eigenvalue weighted by Gasteiger charge is -2.20. The highest BCUT2D eigenvalue weighted by atomic mass is 15.1. The van der Waals surface area contributed by atoms with E-state index in [0.29, 0.717) is 11.5 Å². The summed E-state index contributed by atoms with van der Waals surface area (Å²) in [5.41, 5.74) is 3.23. The van der Waals surface area contributed by atoms with Crippen LogP contribution in [-0.2, 0) is 6.54 Å². The van der Waals surface area contributed by atoms with Gasteiger partial charge >= 0.3 is 0 Å². The van der Waals surface area contributed by atoms with E-state index < -0.39 is 0 Å². The van der Waals surface area contributed by atoms with E-state index >= 15 is 0 Å². The average molecular weight is 286 g/mol. The standard InChI is InChI=1S/C19H30N2/c1-15-12-19(2,3)13-18(15)20-17-8-6-16(7-9-17)14-21-10-4-5-11-21/h6-9,15,18,20H,4-5,10-14H2,1-3H3. The Morgan fingerprint density at radius 3 is 2.33 bits per heavy atom. The van der Waals surface area contributed by atoms with E-state index in [1.165, 1.54) is 50.0 Å². The van der Waals surface area contributed by atoms with Crippen LogP contribution in [0.3, 0.4) is 0 Å². The van der Waals surface area contributed by atoms with Crippen molar-refractivity contribution in [2.24, 2.45) is 11.3 Å². The topological polar surface area (TPSA) is 15.3 Å². The zero-order chi connectivity index (χ0) is 14.9. The monoisotopic (exact) mass is 286 g/mol. The quantitative estimate of drug-likeness (QED) is 0.875. The molecule has 0 spiro atoms. The van der Waals surface area contributed by atoms with Crippen LogP contribution >= 0.6 is 0 Å². The molecule has 1 N–H and O–H groups in total. The van der Waals surface area contributed by atoms with Crippen LogP contribution in [0.25, 0.3) is 0 Å². The minimum Gasteiger partial charge on any atom is -0.382 e. The zero-order valence-corrected chi connectivity index (χ0v) is 13.9. The SMILES string of the molecule is CC1CC(C)(C)CC1Nc1ccc(CN2CCCC2)cc1. The Bertz CT molecular complexity index is 457. The van der Waals surface area contributed by atoms with Gasteiger partial charge in [-0.05, 0) is 67.8 Å². The van der Waals surface area contributed by atoms with E-state index in [2.05, 4.69) is 55.3 Å². The van der Waals surface area contributed by atoms with Crippen LogP contribution in [0.5, 0.6) is 0 Å². The van der Waals surface area contributed by atoms with Gasteiger partial charge in [0.25, 0.3) is 0 Å². The van der Waals surface area contributed by atoms with Crippen molar-refractivity contribution in [3.05, 3.63) is 29.8 Å². The second kappa shape index (κ2) is 6.00. The Hall–Kier alpha value is -1.02. The third-order valence-electron chi connectivity index (χ3n) is 5.24. The lowest BCUT2D eigenvalue weighted by molar-refractivity contribution is 0.331. The number of hydrogen-bond acceptors (Lipinski definition) is 2. The van der Waals surface area contributed by atoms with E-state index in [1.807, 2.05) is 0 Å². The molecule has 116 valence electrons. The molecule has 1 aliphatic heterocycles. The van der Waals surface area contributed by atoms with Crippen molar-refractivity contribution >= 4 is 5.69 Å². The van der Waals surface area contributed by atoms with Crippen molar-refractivity contribution in [3.8, 4) is 0 Å². The molecule has 2 unspecified atom stereocenters. The van der Waals surface area contributed by atoms with Crippen molar-refractivity contribution < 1.29 is 0 Å². The molecule has 0 amide bonds. The van der Waals surface area contributed by atoms with Gasteiger partial charge in [0.05, 0.1) is 0 Å². The first kappa shape index (κ1) is 14.9. The lowest BCUT2D eigenvalue weighted by atomic mass is 9.91. The summed E-state index contributed by atoms with van der Waals surface area (Å²) in [4.78, 5) is 2.56. The van der Waals surface area contributed by atoms with Crippen molar-refractivity contribution in [2.75, 3.05) is 18.4 Å². The molecule has 1 aliphatic carbocycles. The molecule has 1 aromatic rings. The summed E-state index contributed by atoms with van der Waals surface area (Å²) < 4.78 is 0. The number of nitrogens with zero attached hydrogens (tertiary/aromatic N) is 1. The minimum atomic E-state index is 0.493. The van der Waals surface area contributed by atoms with Gasteiger partial charge in [-0.3, -0.25) is 4.90 Å². The molecule has 1 heterocycles. The molecule has 2 aliphatic rings. The highest BCUT2D eigenvalue weighted by Crippen LogP contribution is 2.42. The Labute approximate surface area is 129 Å². The Morgan fingerprint density at radius 2 is 1.76 bits per heavy atom. The fourth-order valence-electron chi connectivity index (χ4n) is 4.21. The highest BCUT2D eigenvalue weighted by molar-refractivity contribution is 5.46. The maximum atomic E-state index is 3.75. The van der Waals surface area contributed by atoms with Gasteiger partial charge in [-0.25, -0.2) is 0 Å². The first-order valence-corrected chi connectivity index (χ1v) is 8.60. The van der Waals surface area contributed by atoms with Crippen molar-refractivity contribution in [2.45, 2.75) is 59.0 Å². The summed E-state index contributed by atoms with van der Waals surface area (Å²) in [6.45, 7) is 10.8. The van der Waals surface area contributed by atoms with E-state index in [1.54, 1.807) is 0 Å². The predicted molar refractivity (Wildman–Crippen MR) is 90.5 cm³/mol. The van der Waals surface area contributed by atoms with E-state index in [0.717, 1.165) is 12.5 Å². The van der Waals surface area contributed by atoms with E-state index in [-0.39, 0.29) is 0 Å². The fourth-order valence-corrected chi connectivity index (χ4v) is 4.21. The van der Waals surface area contributed by atoms with Crippen LogP contribution in [0.2, 0.25) is 0 Å². The molecule has 2 fully saturated rings. The van der Waals surface area contributed by atoms with Gasteiger partial charge in [0.2, 0.25) is 0 Å². The first-order chi connectivity index (χ1) is 10.0. The molecule has 1 aromatic carbocycles. The summed E-state index contributed by atoms with van der Waals surface area (Å²) in [6.07, 6.45) is 5.35. The van der Waals surface area contributed by atoms with Crippen molar-refractivity contribution in [3.63, 3.8) is 0 Å². The van der Waals surface area contributed by atoms with E-state index in [4.69, 9.17) is 0 Å². The van der Waals surface area contributed by atoms with Crippen molar-refractivity contribution in [1.29, 1.82) is 0 Å². The van der Waals surface area contributed by atoms with Crippen LogP contribution in [0, 0.1) is 11.3 Å². The van der Waals surface area contributed by atoms with Crippen LogP contribution in [0.15, 0.2) is 24.3 Å². The van der Waals surface area contributed by atoms with Crippen LogP contribution in [0.4, 0.5) is 5.69 Å². The second-order valence-corrected chi connectivity index (χ2v) is 7.98. The van der Waals surface area contributed by atoms with E-state index in [9.17, 15) is 0 Å². The lowest BCUT2D eigenvalue weighted by Crippen LogP contribution is -2.22. The third-order valence-corrected chi connectivity index (χ3v) is 5.24.